The van der Waals surface area contributed by atoms with Crippen molar-refractivity contribution in [1.29, 1.82) is 0 Å². The third-order valence-electron chi connectivity index (χ3n) is 4.85. The lowest BCUT2D eigenvalue weighted by Crippen LogP contribution is -2.39. The zero-order valence-electron chi connectivity index (χ0n) is 18.6. The van der Waals surface area contributed by atoms with Gasteiger partial charge in [0.2, 0.25) is 0 Å². The molecule has 1 heterocycles. The molecule has 0 saturated carbocycles. The fourth-order valence-electron chi connectivity index (χ4n) is 3.43. The molecule has 0 aliphatic carbocycles. The van der Waals surface area contributed by atoms with Crippen LogP contribution in [0.3, 0.4) is 0 Å². The number of ether oxygens (including phenoxy) is 2. The Labute approximate surface area is 180 Å². The molecule has 0 unspecified atom stereocenters. The third-order valence-corrected chi connectivity index (χ3v) is 4.85. The molecule has 2 aromatic rings. The summed E-state index contributed by atoms with van der Waals surface area (Å²) in [5.74, 6) is 1.66. The van der Waals surface area contributed by atoms with Crippen LogP contribution in [0.4, 0.5) is 5.69 Å². The number of hydrogen-bond donors (Lipinski definition) is 2. The van der Waals surface area contributed by atoms with E-state index in [2.05, 4.69) is 71.6 Å². The lowest BCUT2D eigenvalue weighted by atomic mass is 10.1. The van der Waals surface area contributed by atoms with Crippen LogP contribution in [0.15, 0.2) is 53.5 Å². The summed E-state index contributed by atoms with van der Waals surface area (Å²) in [6.45, 7) is 10.9. The molecule has 0 spiro atoms. The summed E-state index contributed by atoms with van der Waals surface area (Å²) in [4.78, 5) is 6.77. The van der Waals surface area contributed by atoms with Crippen LogP contribution in [0.25, 0.3) is 0 Å². The number of nitrogens with zero attached hydrogens (tertiary/aromatic N) is 2. The zero-order chi connectivity index (χ0) is 21.4. The van der Waals surface area contributed by atoms with Crippen LogP contribution < -0.4 is 20.3 Å². The summed E-state index contributed by atoms with van der Waals surface area (Å²) in [6, 6.07) is 16.6. The highest BCUT2D eigenvalue weighted by Gasteiger charge is 2.16. The van der Waals surface area contributed by atoms with Crippen LogP contribution in [-0.4, -0.2) is 44.9 Å². The van der Waals surface area contributed by atoms with Crippen LogP contribution in [0.2, 0.25) is 0 Å². The average molecular weight is 411 g/mol. The number of para-hydroxylation sites is 2. The Bertz CT molecular complexity index is 839. The number of rotatable bonds is 6. The molecule has 2 aromatic carbocycles. The van der Waals surface area contributed by atoms with Crippen molar-refractivity contribution in [3.05, 3.63) is 59.7 Å². The molecule has 0 radical (unpaired) electrons. The summed E-state index contributed by atoms with van der Waals surface area (Å²) in [7, 11) is 1.79. The van der Waals surface area contributed by atoms with Gasteiger partial charge in [-0.2, -0.15) is 0 Å². The number of aliphatic imine (C=N–C) groups is 1. The summed E-state index contributed by atoms with van der Waals surface area (Å²) in [6.07, 6.45) is 0. The van der Waals surface area contributed by atoms with E-state index in [1.54, 1.807) is 7.05 Å². The van der Waals surface area contributed by atoms with Crippen molar-refractivity contribution >= 4 is 11.6 Å². The van der Waals surface area contributed by atoms with E-state index in [1.165, 1.54) is 11.3 Å². The van der Waals surface area contributed by atoms with Gasteiger partial charge in [0.25, 0.3) is 0 Å². The van der Waals surface area contributed by atoms with Crippen molar-refractivity contribution in [3.63, 3.8) is 0 Å². The van der Waals surface area contributed by atoms with Crippen molar-refractivity contribution in [2.24, 2.45) is 4.99 Å². The van der Waals surface area contributed by atoms with Crippen molar-refractivity contribution in [3.8, 4) is 5.75 Å². The van der Waals surface area contributed by atoms with Crippen molar-refractivity contribution < 1.29 is 9.47 Å². The Hall–Kier alpha value is -2.73. The van der Waals surface area contributed by atoms with Gasteiger partial charge in [-0.05, 0) is 38.5 Å². The van der Waals surface area contributed by atoms with E-state index in [0.717, 1.165) is 43.6 Å². The lowest BCUT2D eigenvalue weighted by Gasteiger charge is -2.30. The molecule has 1 aliphatic rings. The van der Waals surface area contributed by atoms with E-state index in [4.69, 9.17) is 9.47 Å². The highest BCUT2D eigenvalue weighted by atomic mass is 16.5. The average Bonchev–Trinajstić information content (AvgIpc) is 2.75. The molecule has 6 nitrogen and oxygen atoms in total. The van der Waals surface area contributed by atoms with E-state index >= 15 is 0 Å². The Morgan fingerprint density at radius 3 is 2.23 bits per heavy atom. The highest BCUT2D eigenvalue weighted by molar-refractivity contribution is 5.79. The van der Waals surface area contributed by atoms with E-state index in [0.29, 0.717) is 13.1 Å². The van der Waals surface area contributed by atoms with E-state index < -0.39 is 0 Å². The normalized spacial score (nSPS) is 15.1. The third kappa shape index (κ3) is 6.39. The van der Waals surface area contributed by atoms with E-state index in [-0.39, 0.29) is 5.60 Å². The number of anilines is 1. The molecule has 6 heteroatoms. The molecule has 1 aliphatic heterocycles. The zero-order valence-corrected chi connectivity index (χ0v) is 18.6. The van der Waals surface area contributed by atoms with Crippen LogP contribution in [0.5, 0.6) is 5.75 Å². The second-order valence-electron chi connectivity index (χ2n) is 8.33. The topological polar surface area (TPSA) is 58.1 Å². The van der Waals surface area contributed by atoms with E-state index in [1.807, 2.05) is 18.2 Å². The van der Waals surface area contributed by atoms with Crippen LogP contribution in [-0.2, 0) is 17.8 Å². The van der Waals surface area contributed by atoms with Crippen LogP contribution in [0.1, 0.15) is 31.9 Å². The summed E-state index contributed by atoms with van der Waals surface area (Å²) in [5, 5.41) is 6.85. The minimum atomic E-state index is -0.237. The van der Waals surface area contributed by atoms with Gasteiger partial charge in [-0.3, -0.25) is 4.99 Å². The number of guanidine groups is 1. The fraction of sp³-hybridized carbons (Fsp3) is 0.458. The van der Waals surface area contributed by atoms with Crippen molar-refractivity contribution in [1.82, 2.24) is 10.6 Å². The minimum absolute atomic E-state index is 0.237. The Morgan fingerprint density at radius 1 is 0.967 bits per heavy atom. The summed E-state index contributed by atoms with van der Waals surface area (Å²) >= 11 is 0. The first-order valence-corrected chi connectivity index (χ1v) is 10.6. The summed E-state index contributed by atoms with van der Waals surface area (Å²) in [5.41, 5.74) is 3.37. The van der Waals surface area contributed by atoms with Gasteiger partial charge >= 0.3 is 0 Å². The van der Waals surface area contributed by atoms with Gasteiger partial charge in [0.15, 0.2) is 5.96 Å². The van der Waals surface area contributed by atoms with Gasteiger partial charge in [0.1, 0.15) is 11.4 Å². The van der Waals surface area contributed by atoms with Crippen LogP contribution in [0, 0.1) is 0 Å². The van der Waals surface area contributed by atoms with Crippen molar-refractivity contribution in [2.75, 3.05) is 38.3 Å². The molecule has 30 heavy (non-hydrogen) atoms. The molecule has 0 bridgehead atoms. The van der Waals surface area contributed by atoms with Gasteiger partial charge in [-0.15, -0.1) is 0 Å². The molecule has 1 saturated heterocycles. The quantitative estimate of drug-likeness (QED) is 0.563. The first-order chi connectivity index (χ1) is 14.5. The maximum absolute atomic E-state index is 6.09. The summed E-state index contributed by atoms with van der Waals surface area (Å²) < 4.78 is 11.6. The first-order valence-electron chi connectivity index (χ1n) is 10.6. The molecular weight excluding hydrogens is 376 g/mol. The van der Waals surface area contributed by atoms with Crippen molar-refractivity contribution in [2.45, 2.75) is 39.5 Å². The molecule has 162 valence electrons. The molecule has 2 N–H and O–H groups in total. The van der Waals surface area contributed by atoms with Gasteiger partial charge in [-0.25, -0.2) is 0 Å². The molecule has 0 aromatic heterocycles. The molecule has 0 amide bonds. The predicted molar refractivity (Wildman–Crippen MR) is 123 cm³/mol. The molecule has 0 atom stereocenters. The predicted octanol–water partition coefficient (Wildman–Crippen LogP) is 3.57. The van der Waals surface area contributed by atoms with Gasteiger partial charge in [0, 0.05) is 44.5 Å². The standard InChI is InChI=1S/C24H34N4O2/c1-24(2,3)30-22-12-8-6-10-20(22)18-27-23(25-4)26-17-19-9-5-7-11-21(19)28-13-15-29-16-14-28/h5-12H,13-18H2,1-4H3,(H2,25,26,27). The van der Waals surface area contributed by atoms with Gasteiger partial charge < -0.3 is 25.0 Å². The van der Waals surface area contributed by atoms with Gasteiger partial charge in [0.05, 0.1) is 13.2 Å². The maximum Gasteiger partial charge on any atom is 0.191 e. The fourth-order valence-corrected chi connectivity index (χ4v) is 3.43. The van der Waals surface area contributed by atoms with Gasteiger partial charge in [-0.1, -0.05) is 36.4 Å². The second kappa shape index (κ2) is 10.3. The highest BCUT2D eigenvalue weighted by Crippen LogP contribution is 2.23. The second-order valence-corrected chi connectivity index (χ2v) is 8.33. The SMILES string of the molecule is CN=C(NCc1ccccc1OC(C)(C)C)NCc1ccccc1N1CCOCC1. The Balaban J connectivity index is 1.60. The first kappa shape index (κ1) is 22.0. The lowest BCUT2D eigenvalue weighted by molar-refractivity contribution is 0.122. The smallest absolute Gasteiger partial charge is 0.191 e. The molecular formula is C24H34N4O2. The Morgan fingerprint density at radius 2 is 1.57 bits per heavy atom. The number of benzene rings is 2. The number of morpholine rings is 1. The number of hydrogen-bond acceptors (Lipinski definition) is 4. The van der Waals surface area contributed by atoms with E-state index in [9.17, 15) is 0 Å². The van der Waals surface area contributed by atoms with Crippen LogP contribution >= 0.6 is 0 Å². The largest absolute Gasteiger partial charge is 0.488 e. The monoisotopic (exact) mass is 410 g/mol. The maximum atomic E-state index is 6.09. The Kier molecular flexibility index (Phi) is 7.57. The minimum Gasteiger partial charge on any atom is -0.488 e. The number of nitrogens with one attached hydrogen (secondary N) is 2. The molecule has 1 fully saturated rings. The molecule has 3 rings (SSSR count).